The monoisotopic (exact) mass is 435 g/mol. The summed E-state index contributed by atoms with van der Waals surface area (Å²) in [7, 11) is 0. The van der Waals surface area contributed by atoms with Crippen LogP contribution >= 0.6 is 0 Å². The van der Waals surface area contributed by atoms with Gasteiger partial charge in [-0.15, -0.1) is 0 Å². The number of aliphatic carboxylic acids is 1. The number of hydrogen-bond donors (Lipinski definition) is 2. The van der Waals surface area contributed by atoms with Crippen LogP contribution in [0.15, 0.2) is 54.6 Å². The molecule has 2 heterocycles. The fraction of sp³-hybridized carbons (Fsp3) is 0.333. The van der Waals surface area contributed by atoms with E-state index >= 15 is 0 Å². The van der Waals surface area contributed by atoms with Crippen LogP contribution in [0.25, 0.3) is 0 Å². The van der Waals surface area contributed by atoms with Crippen molar-refractivity contribution in [3.05, 3.63) is 60.2 Å². The second-order valence-corrected chi connectivity index (χ2v) is 8.24. The van der Waals surface area contributed by atoms with Crippen molar-refractivity contribution in [2.75, 3.05) is 29.9 Å². The lowest BCUT2D eigenvalue weighted by atomic mass is 9.97. The van der Waals surface area contributed by atoms with Gasteiger partial charge in [-0.05, 0) is 49.2 Å². The van der Waals surface area contributed by atoms with Crippen LogP contribution in [-0.4, -0.2) is 53.3 Å². The number of anilines is 2. The van der Waals surface area contributed by atoms with E-state index in [9.17, 15) is 24.3 Å². The first-order valence-corrected chi connectivity index (χ1v) is 10.7. The average molecular weight is 435 g/mol. The highest BCUT2D eigenvalue weighted by atomic mass is 16.4. The van der Waals surface area contributed by atoms with E-state index in [-0.39, 0.29) is 30.7 Å². The molecule has 2 N–H and O–H groups in total. The summed E-state index contributed by atoms with van der Waals surface area (Å²) in [4.78, 5) is 52.2. The molecule has 4 rings (SSSR count). The van der Waals surface area contributed by atoms with Crippen molar-refractivity contribution in [1.82, 2.24) is 4.90 Å². The molecule has 0 aliphatic carbocycles. The van der Waals surface area contributed by atoms with E-state index in [1.165, 1.54) is 0 Å². The van der Waals surface area contributed by atoms with Crippen molar-refractivity contribution in [2.45, 2.75) is 19.3 Å². The molecule has 8 heteroatoms. The maximum Gasteiger partial charge on any atom is 0.308 e. The van der Waals surface area contributed by atoms with Crippen LogP contribution in [0.5, 0.6) is 0 Å². The van der Waals surface area contributed by atoms with E-state index in [0.29, 0.717) is 37.2 Å². The Balaban J connectivity index is 1.35. The number of nitrogens with one attached hydrogen (secondary N) is 1. The molecule has 8 nitrogen and oxygen atoms in total. The predicted molar refractivity (Wildman–Crippen MR) is 118 cm³/mol. The van der Waals surface area contributed by atoms with Crippen LogP contribution < -0.4 is 10.2 Å². The van der Waals surface area contributed by atoms with Crippen molar-refractivity contribution in [2.24, 2.45) is 11.8 Å². The van der Waals surface area contributed by atoms with E-state index in [1.807, 2.05) is 30.3 Å². The van der Waals surface area contributed by atoms with Crippen molar-refractivity contribution >= 4 is 35.1 Å². The zero-order valence-electron chi connectivity index (χ0n) is 17.6. The molecule has 2 aromatic rings. The molecule has 0 aromatic heterocycles. The van der Waals surface area contributed by atoms with Crippen LogP contribution in [0.3, 0.4) is 0 Å². The van der Waals surface area contributed by atoms with Gasteiger partial charge in [0.15, 0.2) is 0 Å². The Morgan fingerprint density at radius 3 is 2.34 bits per heavy atom. The summed E-state index contributed by atoms with van der Waals surface area (Å²) < 4.78 is 0. The number of para-hydroxylation sites is 1. The summed E-state index contributed by atoms with van der Waals surface area (Å²) in [5.41, 5.74) is 1.76. The quantitative estimate of drug-likeness (QED) is 0.751. The molecule has 2 fully saturated rings. The van der Waals surface area contributed by atoms with Gasteiger partial charge in [-0.2, -0.15) is 0 Å². The summed E-state index contributed by atoms with van der Waals surface area (Å²) in [6.07, 6.45) is 1.39. The lowest BCUT2D eigenvalue weighted by Gasteiger charge is -2.30. The third-order valence-electron chi connectivity index (χ3n) is 6.02. The molecule has 2 saturated heterocycles. The maximum absolute atomic E-state index is 12.7. The van der Waals surface area contributed by atoms with E-state index in [2.05, 4.69) is 5.32 Å². The molecule has 0 radical (unpaired) electrons. The third-order valence-corrected chi connectivity index (χ3v) is 6.02. The molecular formula is C24H25N3O5. The van der Waals surface area contributed by atoms with Gasteiger partial charge in [-0.1, -0.05) is 18.2 Å². The first-order valence-electron chi connectivity index (χ1n) is 10.7. The Bertz CT molecular complexity index is 1020. The lowest BCUT2D eigenvalue weighted by Crippen LogP contribution is -2.42. The Morgan fingerprint density at radius 2 is 1.66 bits per heavy atom. The highest BCUT2D eigenvalue weighted by molar-refractivity contribution is 6.03. The Kier molecular flexibility index (Phi) is 6.20. The number of carboxylic acid groups (broad SMARTS) is 1. The normalized spacial score (nSPS) is 20.8. The van der Waals surface area contributed by atoms with Crippen molar-refractivity contribution in [1.29, 1.82) is 0 Å². The van der Waals surface area contributed by atoms with Crippen molar-refractivity contribution in [3.63, 3.8) is 0 Å². The second kappa shape index (κ2) is 9.21. The van der Waals surface area contributed by atoms with Gasteiger partial charge in [0, 0.05) is 43.0 Å². The van der Waals surface area contributed by atoms with Crippen LogP contribution in [-0.2, 0) is 14.4 Å². The fourth-order valence-corrected chi connectivity index (χ4v) is 4.23. The largest absolute Gasteiger partial charge is 0.481 e. The maximum atomic E-state index is 12.7. The van der Waals surface area contributed by atoms with Crippen molar-refractivity contribution < 1.29 is 24.3 Å². The smallest absolute Gasteiger partial charge is 0.308 e. The zero-order valence-corrected chi connectivity index (χ0v) is 17.6. The molecule has 0 unspecified atom stereocenters. The van der Waals surface area contributed by atoms with E-state index in [0.717, 1.165) is 5.69 Å². The van der Waals surface area contributed by atoms with Crippen LogP contribution in [0, 0.1) is 11.8 Å². The Morgan fingerprint density at radius 1 is 0.938 bits per heavy atom. The fourth-order valence-electron chi connectivity index (χ4n) is 4.23. The topological polar surface area (TPSA) is 107 Å². The van der Waals surface area contributed by atoms with Gasteiger partial charge >= 0.3 is 5.97 Å². The van der Waals surface area contributed by atoms with Crippen LogP contribution in [0.1, 0.15) is 29.6 Å². The number of nitrogens with zero attached hydrogens (tertiary/aromatic N) is 2. The molecule has 0 saturated carbocycles. The van der Waals surface area contributed by atoms with Gasteiger partial charge < -0.3 is 20.2 Å². The number of carbonyl (C=O) groups is 4. The van der Waals surface area contributed by atoms with Crippen LogP contribution in [0.2, 0.25) is 0 Å². The number of benzene rings is 2. The lowest BCUT2D eigenvalue weighted by molar-refractivity contribution is -0.143. The van der Waals surface area contributed by atoms with Crippen LogP contribution in [0.4, 0.5) is 11.4 Å². The second-order valence-electron chi connectivity index (χ2n) is 8.24. The van der Waals surface area contributed by atoms with Crippen molar-refractivity contribution in [3.8, 4) is 0 Å². The van der Waals surface area contributed by atoms with E-state index in [1.54, 1.807) is 34.1 Å². The molecule has 166 valence electrons. The molecule has 2 aliphatic heterocycles. The number of rotatable bonds is 5. The van der Waals surface area contributed by atoms with Gasteiger partial charge in [0.05, 0.1) is 11.8 Å². The summed E-state index contributed by atoms with van der Waals surface area (Å²) in [6.45, 7) is 1.07. The third kappa shape index (κ3) is 4.64. The predicted octanol–water partition coefficient (Wildman–Crippen LogP) is 2.62. The minimum Gasteiger partial charge on any atom is -0.481 e. The number of piperidine rings is 1. The van der Waals surface area contributed by atoms with Gasteiger partial charge in [-0.3, -0.25) is 19.2 Å². The molecule has 2 atom stereocenters. The SMILES string of the molecule is O=C(O)[C@@H]1CCCN(C(=O)c2ccc(NC(=O)[C@@H]3CC(=O)N(c4ccccc4)C3)cc2)C1. The van der Waals surface area contributed by atoms with Gasteiger partial charge in [0.1, 0.15) is 0 Å². The average Bonchev–Trinajstić information content (AvgIpc) is 3.21. The molecule has 32 heavy (non-hydrogen) atoms. The summed E-state index contributed by atoms with van der Waals surface area (Å²) >= 11 is 0. The molecule has 3 amide bonds. The molecular weight excluding hydrogens is 410 g/mol. The molecule has 0 bridgehead atoms. The Labute approximate surface area is 185 Å². The minimum absolute atomic E-state index is 0.0847. The minimum atomic E-state index is -0.878. The Hall–Kier alpha value is -3.68. The number of amides is 3. The van der Waals surface area contributed by atoms with E-state index < -0.39 is 17.8 Å². The van der Waals surface area contributed by atoms with Gasteiger partial charge in [-0.25, -0.2) is 0 Å². The number of carbonyl (C=O) groups excluding carboxylic acids is 3. The number of likely N-dealkylation sites (tertiary alicyclic amines) is 1. The summed E-state index contributed by atoms with van der Waals surface area (Å²) in [6, 6.07) is 15.8. The van der Waals surface area contributed by atoms with Gasteiger partial charge in [0.2, 0.25) is 11.8 Å². The van der Waals surface area contributed by atoms with Gasteiger partial charge in [0.25, 0.3) is 5.91 Å². The first-order chi connectivity index (χ1) is 15.4. The summed E-state index contributed by atoms with van der Waals surface area (Å²) in [5, 5.41) is 12.0. The molecule has 2 aromatic carbocycles. The molecule has 0 spiro atoms. The van der Waals surface area contributed by atoms with E-state index in [4.69, 9.17) is 0 Å². The molecule has 2 aliphatic rings. The zero-order chi connectivity index (χ0) is 22.7. The highest BCUT2D eigenvalue weighted by Crippen LogP contribution is 2.26. The number of hydrogen-bond acceptors (Lipinski definition) is 4. The first kappa shape index (κ1) is 21.5. The highest BCUT2D eigenvalue weighted by Gasteiger charge is 2.35. The number of carboxylic acids is 1. The summed E-state index contributed by atoms with van der Waals surface area (Å²) in [5.74, 6) is -2.40. The standard InChI is InChI=1S/C24H25N3O5/c28-21-13-18(15-27(21)20-6-2-1-3-7-20)22(29)25-19-10-8-16(9-11-19)23(30)26-12-4-5-17(14-26)24(31)32/h1-3,6-11,17-18H,4-5,12-15H2,(H,25,29)(H,31,32)/t17-,18-/m1/s1.